The van der Waals surface area contributed by atoms with Crippen LogP contribution < -0.4 is 14.8 Å². The van der Waals surface area contributed by atoms with Crippen molar-refractivity contribution in [1.82, 2.24) is 10.2 Å². The molecule has 1 aliphatic rings. The zero-order chi connectivity index (χ0) is 19.9. The van der Waals surface area contributed by atoms with Crippen LogP contribution in [-0.2, 0) is 6.61 Å². The number of likely N-dealkylation sites (N-methyl/N-ethyl adjacent to an activating group) is 1. The second kappa shape index (κ2) is 9.80. The summed E-state index contributed by atoms with van der Waals surface area (Å²) >= 11 is 5.91. The van der Waals surface area contributed by atoms with E-state index in [0.717, 1.165) is 25.1 Å². The summed E-state index contributed by atoms with van der Waals surface area (Å²) in [7, 11) is 1.57. The number of nitrogens with one attached hydrogen (secondary N) is 1. The molecule has 0 bridgehead atoms. The highest BCUT2D eigenvalue weighted by atomic mass is 35.5. The van der Waals surface area contributed by atoms with Gasteiger partial charge >= 0.3 is 0 Å². The minimum atomic E-state index is -0.0921. The van der Waals surface area contributed by atoms with Crippen molar-refractivity contribution in [1.29, 1.82) is 0 Å². The quantitative estimate of drug-likeness (QED) is 0.720. The molecule has 0 aliphatic carbocycles. The highest BCUT2D eigenvalue weighted by molar-refractivity contribution is 6.30. The lowest BCUT2D eigenvalue weighted by atomic mass is 10.1. The standard InChI is InChI=1S/C22H27ClN2O3/c1-3-25-12-4-5-19(25)14-24-22(26)17-8-11-20(21(13-17)27-2)28-15-16-6-9-18(23)10-7-16/h6-11,13,19H,3-5,12,14-15H2,1-2H3,(H,24,26). The average molecular weight is 403 g/mol. The van der Waals surface area contributed by atoms with Gasteiger partial charge in [-0.25, -0.2) is 0 Å². The van der Waals surface area contributed by atoms with Crippen LogP contribution in [0.5, 0.6) is 11.5 Å². The van der Waals surface area contributed by atoms with Gasteiger partial charge in [-0.1, -0.05) is 30.7 Å². The van der Waals surface area contributed by atoms with Crippen molar-refractivity contribution < 1.29 is 14.3 Å². The number of amides is 1. The summed E-state index contributed by atoms with van der Waals surface area (Å²) in [6.45, 7) is 5.36. The third kappa shape index (κ3) is 5.18. The van der Waals surface area contributed by atoms with Crippen molar-refractivity contribution >= 4 is 17.5 Å². The van der Waals surface area contributed by atoms with E-state index < -0.39 is 0 Å². The first kappa shape index (κ1) is 20.5. The smallest absolute Gasteiger partial charge is 0.251 e. The number of benzene rings is 2. The van der Waals surface area contributed by atoms with Gasteiger partial charge in [0.25, 0.3) is 5.91 Å². The molecule has 28 heavy (non-hydrogen) atoms. The van der Waals surface area contributed by atoms with Crippen molar-refractivity contribution in [3.05, 3.63) is 58.6 Å². The molecule has 0 spiro atoms. The number of halogens is 1. The normalized spacial score (nSPS) is 16.8. The highest BCUT2D eigenvalue weighted by Gasteiger charge is 2.23. The fourth-order valence-electron chi connectivity index (χ4n) is 3.52. The Morgan fingerprint density at radius 3 is 2.71 bits per heavy atom. The number of likely N-dealkylation sites (tertiary alicyclic amines) is 1. The fourth-order valence-corrected chi connectivity index (χ4v) is 3.65. The van der Waals surface area contributed by atoms with Crippen molar-refractivity contribution in [2.24, 2.45) is 0 Å². The number of carbonyl (C=O) groups excluding carboxylic acids is 1. The maximum Gasteiger partial charge on any atom is 0.251 e. The molecule has 6 heteroatoms. The van der Waals surface area contributed by atoms with E-state index in [1.165, 1.54) is 6.42 Å². The van der Waals surface area contributed by atoms with Gasteiger partial charge < -0.3 is 14.8 Å². The number of ether oxygens (including phenoxy) is 2. The molecule has 1 saturated heterocycles. The van der Waals surface area contributed by atoms with Crippen LogP contribution in [0, 0.1) is 0 Å². The summed E-state index contributed by atoms with van der Waals surface area (Å²) in [6.07, 6.45) is 2.33. The van der Waals surface area contributed by atoms with Crippen LogP contribution in [0.4, 0.5) is 0 Å². The predicted molar refractivity (Wildman–Crippen MR) is 111 cm³/mol. The van der Waals surface area contributed by atoms with Crippen LogP contribution in [-0.4, -0.2) is 43.6 Å². The van der Waals surface area contributed by atoms with Crippen molar-refractivity contribution in [2.45, 2.75) is 32.4 Å². The largest absolute Gasteiger partial charge is 0.493 e. The van der Waals surface area contributed by atoms with Gasteiger partial charge in [0, 0.05) is 23.2 Å². The third-order valence-corrected chi connectivity index (χ3v) is 5.39. The van der Waals surface area contributed by atoms with Gasteiger partial charge in [0.1, 0.15) is 6.61 Å². The first-order chi connectivity index (χ1) is 13.6. The fraction of sp³-hybridized carbons (Fsp3) is 0.409. The predicted octanol–water partition coefficient (Wildman–Crippen LogP) is 4.14. The van der Waals surface area contributed by atoms with Crippen LogP contribution in [0.2, 0.25) is 5.02 Å². The van der Waals surface area contributed by atoms with Crippen molar-refractivity contribution in [3.63, 3.8) is 0 Å². The maximum atomic E-state index is 12.5. The first-order valence-corrected chi connectivity index (χ1v) is 10.1. The van der Waals surface area contributed by atoms with Gasteiger partial charge in [-0.3, -0.25) is 9.69 Å². The van der Waals surface area contributed by atoms with Crippen molar-refractivity contribution in [3.8, 4) is 11.5 Å². The molecule has 1 atom stereocenters. The van der Waals surface area contributed by atoms with Crippen LogP contribution in [0.25, 0.3) is 0 Å². The van der Waals surface area contributed by atoms with Gasteiger partial charge in [-0.2, -0.15) is 0 Å². The average Bonchev–Trinajstić information content (AvgIpc) is 3.19. The summed E-state index contributed by atoms with van der Waals surface area (Å²) < 4.78 is 11.3. The number of nitrogens with zero attached hydrogens (tertiary/aromatic N) is 1. The Morgan fingerprint density at radius 2 is 2.00 bits per heavy atom. The topological polar surface area (TPSA) is 50.8 Å². The van der Waals surface area contributed by atoms with E-state index in [0.29, 0.717) is 41.3 Å². The van der Waals surface area contributed by atoms with E-state index in [2.05, 4.69) is 17.1 Å². The summed E-state index contributed by atoms with van der Waals surface area (Å²) in [5.74, 6) is 1.05. The maximum absolute atomic E-state index is 12.5. The lowest BCUT2D eigenvalue weighted by Gasteiger charge is -2.23. The van der Waals surface area contributed by atoms with Gasteiger partial charge in [-0.05, 0) is 61.8 Å². The molecule has 0 radical (unpaired) electrons. The summed E-state index contributed by atoms with van der Waals surface area (Å²) in [4.78, 5) is 15.0. The monoisotopic (exact) mass is 402 g/mol. The zero-order valence-electron chi connectivity index (χ0n) is 16.4. The third-order valence-electron chi connectivity index (χ3n) is 5.14. The molecule has 2 aromatic rings. The SMILES string of the molecule is CCN1CCCC1CNC(=O)c1ccc(OCc2ccc(Cl)cc2)c(OC)c1. The molecule has 0 saturated carbocycles. The van der Waals surface area contributed by atoms with Gasteiger partial charge in [-0.15, -0.1) is 0 Å². The Bertz CT molecular complexity index is 795. The Morgan fingerprint density at radius 1 is 1.21 bits per heavy atom. The number of hydrogen-bond acceptors (Lipinski definition) is 4. The van der Waals surface area contributed by atoms with Crippen LogP contribution in [0.3, 0.4) is 0 Å². The minimum absolute atomic E-state index is 0.0921. The van der Waals surface area contributed by atoms with E-state index in [1.807, 2.05) is 24.3 Å². The Balaban J connectivity index is 1.60. The van der Waals surface area contributed by atoms with Crippen LogP contribution in [0.15, 0.2) is 42.5 Å². The highest BCUT2D eigenvalue weighted by Crippen LogP contribution is 2.29. The molecule has 1 heterocycles. The van der Waals surface area contributed by atoms with E-state index in [4.69, 9.17) is 21.1 Å². The zero-order valence-corrected chi connectivity index (χ0v) is 17.2. The molecule has 3 rings (SSSR count). The second-order valence-corrected chi connectivity index (χ2v) is 7.35. The lowest BCUT2D eigenvalue weighted by Crippen LogP contribution is -2.40. The van der Waals surface area contributed by atoms with E-state index >= 15 is 0 Å². The van der Waals surface area contributed by atoms with Gasteiger partial charge in [0.05, 0.1) is 7.11 Å². The molecule has 0 aromatic heterocycles. The molecular weight excluding hydrogens is 376 g/mol. The summed E-state index contributed by atoms with van der Waals surface area (Å²) in [5.41, 5.74) is 1.57. The molecule has 1 N–H and O–H groups in total. The van der Waals surface area contributed by atoms with E-state index in [9.17, 15) is 4.79 Å². The first-order valence-electron chi connectivity index (χ1n) is 9.68. The lowest BCUT2D eigenvalue weighted by molar-refractivity contribution is 0.0941. The molecular formula is C22H27ClN2O3. The molecule has 1 unspecified atom stereocenters. The van der Waals surface area contributed by atoms with Crippen LogP contribution in [0.1, 0.15) is 35.7 Å². The number of methoxy groups -OCH3 is 1. The molecule has 5 nitrogen and oxygen atoms in total. The van der Waals surface area contributed by atoms with E-state index in [1.54, 1.807) is 25.3 Å². The number of hydrogen-bond donors (Lipinski definition) is 1. The van der Waals surface area contributed by atoms with Crippen molar-refractivity contribution in [2.75, 3.05) is 26.7 Å². The Labute approximate surface area is 171 Å². The Kier molecular flexibility index (Phi) is 7.18. The van der Waals surface area contributed by atoms with Gasteiger partial charge in [0.2, 0.25) is 0 Å². The molecule has 1 aliphatic heterocycles. The number of rotatable bonds is 8. The van der Waals surface area contributed by atoms with E-state index in [-0.39, 0.29) is 5.91 Å². The number of carbonyl (C=O) groups is 1. The molecule has 1 amide bonds. The molecule has 150 valence electrons. The summed E-state index contributed by atoms with van der Waals surface area (Å²) in [5, 5.41) is 3.74. The minimum Gasteiger partial charge on any atom is -0.493 e. The Hall–Kier alpha value is -2.24. The second-order valence-electron chi connectivity index (χ2n) is 6.92. The van der Waals surface area contributed by atoms with Gasteiger partial charge in [0.15, 0.2) is 11.5 Å². The molecule has 2 aromatic carbocycles. The molecule has 1 fully saturated rings. The summed E-state index contributed by atoms with van der Waals surface area (Å²) in [6, 6.07) is 13.2. The van der Waals surface area contributed by atoms with Crippen LogP contribution >= 0.6 is 11.6 Å².